The fourth-order valence-electron chi connectivity index (χ4n) is 1.26. The third-order valence-corrected chi connectivity index (χ3v) is 3.20. The Bertz CT molecular complexity index is 504. The largest absolute Gasteiger partial charge is 0.476 e. The van der Waals surface area contributed by atoms with Crippen LogP contribution in [-0.4, -0.2) is 41.2 Å². The summed E-state index contributed by atoms with van der Waals surface area (Å²) in [5.74, 6) is -1.11. The fraction of sp³-hybridized carbons (Fsp3) is 0.400. The number of nitrogens with zero attached hydrogens (tertiary/aromatic N) is 1. The molecule has 0 bridgehead atoms. The van der Waals surface area contributed by atoms with Gasteiger partial charge in [-0.1, -0.05) is 0 Å². The Kier molecular flexibility index (Phi) is 5.72. The Morgan fingerprint density at radius 3 is 2.60 bits per heavy atom. The highest BCUT2D eigenvalue weighted by atomic mass is 32.1. The normalized spacial score (nSPS) is 11.4. The van der Waals surface area contributed by atoms with E-state index in [1.807, 2.05) is 0 Å². The molecule has 1 aromatic rings. The molecule has 0 saturated carbocycles. The van der Waals surface area contributed by atoms with Gasteiger partial charge in [-0.3, -0.25) is 0 Å². The molecule has 0 aliphatic heterocycles. The van der Waals surface area contributed by atoms with Gasteiger partial charge in [-0.05, 0) is 6.92 Å². The molecule has 6 N–H and O–H groups in total. The van der Waals surface area contributed by atoms with Gasteiger partial charge in [-0.2, -0.15) is 0 Å². The SMILES string of the molecule is CC(NC(=O)NCCNC(N)=O)c1nc(C(=O)O)cs1. The van der Waals surface area contributed by atoms with E-state index in [0.717, 1.165) is 11.3 Å². The molecule has 1 atom stereocenters. The van der Waals surface area contributed by atoms with Gasteiger partial charge in [0, 0.05) is 18.5 Å². The molecule has 0 radical (unpaired) electrons. The topological polar surface area (TPSA) is 146 Å². The van der Waals surface area contributed by atoms with Gasteiger partial charge in [-0.15, -0.1) is 11.3 Å². The first-order valence-electron chi connectivity index (χ1n) is 5.66. The van der Waals surface area contributed by atoms with Crippen LogP contribution in [0.25, 0.3) is 0 Å². The van der Waals surface area contributed by atoms with E-state index >= 15 is 0 Å². The zero-order valence-electron chi connectivity index (χ0n) is 10.7. The monoisotopic (exact) mass is 301 g/mol. The van der Waals surface area contributed by atoms with Crippen molar-refractivity contribution < 1.29 is 19.5 Å². The molecule has 9 nitrogen and oxygen atoms in total. The average molecular weight is 301 g/mol. The molecule has 1 heterocycles. The van der Waals surface area contributed by atoms with Crippen molar-refractivity contribution in [2.75, 3.05) is 13.1 Å². The standard InChI is InChI=1S/C10H15N5O4S/c1-5(7-15-6(4-20-7)8(16)17)14-10(19)13-3-2-12-9(11)18/h4-5H,2-3H2,1H3,(H,16,17)(H3,11,12,18)(H2,13,14,19). The number of nitrogens with one attached hydrogen (secondary N) is 3. The Morgan fingerprint density at radius 2 is 2.05 bits per heavy atom. The van der Waals surface area contributed by atoms with Crippen molar-refractivity contribution in [3.8, 4) is 0 Å². The number of urea groups is 2. The molecule has 110 valence electrons. The van der Waals surface area contributed by atoms with E-state index in [1.54, 1.807) is 6.92 Å². The molecule has 0 aliphatic carbocycles. The second-order valence-corrected chi connectivity index (χ2v) is 4.68. The van der Waals surface area contributed by atoms with Crippen LogP contribution in [0.5, 0.6) is 0 Å². The Labute approximate surface area is 118 Å². The van der Waals surface area contributed by atoms with Crippen LogP contribution in [0, 0.1) is 0 Å². The molecule has 1 rings (SSSR count). The minimum absolute atomic E-state index is 0.0512. The third kappa shape index (κ3) is 5.10. The summed E-state index contributed by atoms with van der Waals surface area (Å²) in [5, 5.41) is 18.1. The van der Waals surface area contributed by atoms with Crippen LogP contribution in [0.4, 0.5) is 9.59 Å². The van der Waals surface area contributed by atoms with Crippen molar-refractivity contribution in [1.29, 1.82) is 0 Å². The van der Waals surface area contributed by atoms with Gasteiger partial charge in [0.05, 0.1) is 6.04 Å². The molecule has 0 aliphatic rings. The summed E-state index contributed by atoms with van der Waals surface area (Å²) in [6.45, 7) is 2.13. The molecule has 0 aromatic carbocycles. The number of carbonyl (C=O) groups is 3. The van der Waals surface area contributed by atoms with Crippen molar-refractivity contribution in [1.82, 2.24) is 20.9 Å². The quantitative estimate of drug-likeness (QED) is 0.464. The van der Waals surface area contributed by atoms with Crippen LogP contribution >= 0.6 is 11.3 Å². The molecule has 4 amide bonds. The summed E-state index contributed by atoms with van der Waals surface area (Å²) in [6, 6.07) is -1.53. The van der Waals surface area contributed by atoms with Crippen molar-refractivity contribution in [3.63, 3.8) is 0 Å². The highest BCUT2D eigenvalue weighted by Crippen LogP contribution is 2.17. The lowest BCUT2D eigenvalue weighted by Crippen LogP contribution is -2.42. The van der Waals surface area contributed by atoms with Gasteiger partial charge in [-0.25, -0.2) is 19.4 Å². The molecular formula is C10H15N5O4S. The predicted molar refractivity (Wildman–Crippen MR) is 71.6 cm³/mol. The number of hydrogen-bond donors (Lipinski definition) is 5. The number of aromatic nitrogens is 1. The first-order valence-corrected chi connectivity index (χ1v) is 6.54. The highest BCUT2D eigenvalue weighted by Gasteiger charge is 2.15. The van der Waals surface area contributed by atoms with Gasteiger partial charge < -0.3 is 26.8 Å². The lowest BCUT2D eigenvalue weighted by molar-refractivity contribution is 0.0691. The fourth-order valence-corrected chi connectivity index (χ4v) is 2.06. The summed E-state index contributed by atoms with van der Waals surface area (Å²) in [5.41, 5.74) is 4.81. The van der Waals surface area contributed by atoms with Gasteiger partial charge in [0.15, 0.2) is 5.69 Å². The minimum atomic E-state index is -1.11. The van der Waals surface area contributed by atoms with E-state index in [-0.39, 0.29) is 18.8 Å². The number of primary amides is 1. The number of amides is 4. The second kappa shape index (κ2) is 7.28. The second-order valence-electron chi connectivity index (χ2n) is 3.79. The molecule has 1 aromatic heterocycles. The summed E-state index contributed by atoms with van der Waals surface area (Å²) in [6.07, 6.45) is 0. The summed E-state index contributed by atoms with van der Waals surface area (Å²) >= 11 is 1.15. The van der Waals surface area contributed by atoms with E-state index in [2.05, 4.69) is 20.9 Å². The van der Waals surface area contributed by atoms with E-state index in [1.165, 1.54) is 5.38 Å². The average Bonchev–Trinajstić information content (AvgIpc) is 2.84. The number of carboxylic acids is 1. The van der Waals surface area contributed by atoms with Gasteiger partial charge in [0.25, 0.3) is 0 Å². The number of rotatable bonds is 6. The maximum Gasteiger partial charge on any atom is 0.355 e. The van der Waals surface area contributed by atoms with E-state index < -0.39 is 24.1 Å². The number of carboxylic acid groups (broad SMARTS) is 1. The Morgan fingerprint density at radius 1 is 1.40 bits per heavy atom. The zero-order chi connectivity index (χ0) is 15.1. The Balaban J connectivity index is 2.36. The zero-order valence-corrected chi connectivity index (χ0v) is 11.5. The lowest BCUT2D eigenvalue weighted by atomic mass is 10.3. The van der Waals surface area contributed by atoms with Crippen LogP contribution in [-0.2, 0) is 0 Å². The van der Waals surface area contributed by atoms with Gasteiger partial charge in [0.2, 0.25) is 0 Å². The smallest absolute Gasteiger partial charge is 0.355 e. The predicted octanol–water partition coefficient (Wildman–Crippen LogP) is -0.130. The van der Waals surface area contributed by atoms with Crippen molar-refractivity contribution in [2.45, 2.75) is 13.0 Å². The molecular weight excluding hydrogens is 286 g/mol. The van der Waals surface area contributed by atoms with Crippen molar-refractivity contribution in [2.24, 2.45) is 5.73 Å². The summed E-state index contributed by atoms with van der Waals surface area (Å²) in [4.78, 5) is 36.5. The van der Waals surface area contributed by atoms with E-state index in [4.69, 9.17) is 10.8 Å². The van der Waals surface area contributed by atoms with Crippen LogP contribution in [0.1, 0.15) is 28.5 Å². The van der Waals surface area contributed by atoms with E-state index in [9.17, 15) is 14.4 Å². The molecule has 1 unspecified atom stereocenters. The van der Waals surface area contributed by atoms with Gasteiger partial charge in [0.1, 0.15) is 5.01 Å². The molecule has 0 saturated heterocycles. The maximum atomic E-state index is 11.5. The third-order valence-electron chi connectivity index (χ3n) is 2.17. The number of thiazole rings is 1. The van der Waals surface area contributed by atoms with Crippen LogP contribution in [0.2, 0.25) is 0 Å². The first kappa shape index (κ1) is 15.7. The first-order chi connectivity index (χ1) is 9.40. The summed E-state index contributed by atoms with van der Waals surface area (Å²) in [7, 11) is 0. The van der Waals surface area contributed by atoms with Crippen LogP contribution < -0.4 is 21.7 Å². The highest BCUT2D eigenvalue weighted by molar-refractivity contribution is 7.09. The van der Waals surface area contributed by atoms with Crippen molar-refractivity contribution >= 4 is 29.4 Å². The van der Waals surface area contributed by atoms with Crippen LogP contribution in [0.3, 0.4) is 0 Å². The van der Waals surface area contributed by atoms with Crippen LogP contribution in [0.15, 0.2) is 5.38 Å². The maximum absolute atomic E-state index is 11.5. The van der Waals surface area contributed by atoms with E-state index in [0.29, 0.717) is 5.01 Å². The van der Waals surface area contributed by atoms with Crippen molar-refractivity contribution in [3.05, 3.63) is 16.1 Å². The molecule has 0 spiro atoms. The lowest BCUT2D eigenvalue weighted by Gasteiger charge is -2.12. The molecule has 20 heavy (non-hydrogen) atoms. The van der Waals surface area contributed by atoms with Gasteiger partial charge >= 0.3 is 18.0 Å². The summed E-state index contributed by atoms with van der Waals surface area (Å²) < 4.78 is 0. The Hall–Kier alpha value is -2.36. The number of nitrogens with two attached hydrogens (primary N) is 1. The number of carbonyl (C=O) groups excluding carboxylic acids is 2. The number of hydrogen-bond acceptors (Lipinski definition) is 5. The molecule has 0 fully saturated rings. The number of aromatic carboxylic acids is 1. The minimum Gasteiger partial charge on any atom is -0.476 e. The molecule has 10 heteroatoms.